The lowest BCUT2D eigenvalue weighted by Gasteiger charge is -2.11. The van der Waals surface area contributed by atoms with Crippen LogP contribution in [0.4, 0.5) is 0 Å². The second-order valence-corrected chi connectivity index (χ2v) is 5.18. The van der Waals surface area contributed by atoms with E-state index >= 15 is 0 Å². The predicted molar refractivity (Wildman–Crippen MR) is 71.6 cm³/mol. The summed E-state index contributed by atoms with van der Waals surface area (Å²) < 4.78 is 11.6. The molecule has 19 heavy (non-hydrogen) atoms. The maximum Gasteiger partial charge on any atom is 0.234 e. The fraction of sp³-hybridized carbons (Fsp3) is 0.417. The zero-order valence-corrected chi connectivity index (χ0v) is 11.9. The zero-order chi connectivity index (χ0) is 13.2. The number of nitrogens with one attached hydrogen (secondary N) is 1. The van der Waals surface area contributed by atoms with Crippen LogP contribution in [0.25, 0.3) is 11.5 Å². The van der Waals surface area contributed by atoms with Gasteiger partial charge in [-0.25, -0.2) is 0 Å². The maximum atomic E-state index is 5.44. The number of halogens is 1. The van der Waals surface area contributed by atoms with E-state index in [0.717, 1.165) is 4.47 Å². The van der Waals surface area contributed by atoms with Crippen LogP contribution in [0.3, 0.4) is 0 Å². The van der Waals surface area contributed by atoms with Crippen molar-refractivity contribution in [3.63, 3.8) is 0 Å². The van der Waals surface area contributed by atoms with Gasteiger partial charge in [0.25, 0.3) is 0 Å². The quantitative estimate of drug-likeness (QED) is 0.924. The number of rotatable bonds is 3. The third-order valence-corrected chi connectivity index (χ3v) is 3.82. The molecule has 0 radical (unpaired) electrons. The van der Waals surface area contributed by atoms with E-state index in [9.17, 15) is 0 Å². The highest BCUT2D eigenvalue weighted by Crippen LogP contribution is 2.28. The first-order valence-corrected chi connectivity index (χ1v) is 6.78. The van der Waals surface area contributed by atoms with E-state index in [1.165, 1.54) is 0 Å². The van der Waals surface area contributed by atoms with Gasteiger partial charge in [-0.2, -0.15) is 4.98 Å². The highest BCUT2D eigenvalue weighted by molar-refractivity contribution is 9.10. The van der Waals surface area contributed by atoms with E-state index in [4.69, 9.17) is 9.26 Å². The van der Waals surface area contributed by atoms with Gasteiger partial charge in [0.2, 0.25) is 11.7 Å². The second kappa shape index (κ2) is 5.36. The molecule has 3 rings (SSSR count). The summed E-state index contributed by atoms with van der Waals surface area (Å²) in [6.45, 7) is 1.25. The number of hydrogen-bond donors (Lipinski definition) is 1. The van der Waals surface area contributed by atoms with E-state index in [0.29, 0.717) is 30.6 Å². The van der Waals surface area contributed by atoms with Crippen molar-refractivity contribution in [3.05, 3.63) is 28.7 Å². The van der Waals surface area contributed by atoms with Crippen molar-refractivity contribution in [2.75, 3.05) is 20.3 Å². The van der Waals surface area contributed by atoms with Crippen molar-refractivity contribution < 1.29 is 9.26 Å². The molecule has 1 aliphatic heterocycles. The van der Waals surface area contributed by atoms with Gasteiger partial charge in [0.1, 0.15) is 5.69 Å². The largest absolute Gasteiger partial charge is 0.379 e. The topological polar surface area (TPSA) is 73.1 Å². The van der Waals surface area contributed by atoms with Gasteiger partial charge in [-0.3, -0.25) is 4.98 Å². The molecule has 0 aromatic carbocycles. The molecule has 2 aromatic rings. The summed E-state index contributed by atoms with van der Waals surface area (Å²) in [7, 11) is 1.90. The smallest absolute Gasteiger partial charge is 0.234 e. The molecule has 1 fully saturated rings. The SMILES string of the molecule is CNC1COCC1c1nc(-c2ncccc2Br)no1. The number of pyridine rings is 1. The number of ether oxygens (including phenoxy) is 1. The highest BCUT2D eigenvalue weighted by atomic mass is 79.9. The van der Waals surface area contributed by atoms with E-state index in [-0.39, 0.29) is 12.0 Å². The molecule has 1 N–H and O–H groups in total. The van der Waals surface area contributed by atoms with Crippen molar-refractivity contribution in [1.82, 2.24) is 20.4 Å². The average Bonchev–Trinajstić information content (AvgIpc) is 3.07. The Morgan fingerprint density at radius 1 is 1.42 bits per heavy atom. The van der Waals surface area contributed by atoms with Crippen LogP contribution in [0.2, 0.25) is 0 Å². The van der Waals surface area contributed by atoms with Crippen molar-refractivity contribution in [2.24, 2.45) is 0 Å². The molecule has 0 saturated carbocycles. The van der Waals surface area contributed by atoms with Gasteiger partial charge in [-0.15, -0.1) is 0 Å². The Labute approximate surface area is 118 Å². The van der Waals surface area contributed by atoms with Crippen LogP contribution >= 0.6 is 15.9 Å². The van der Waals surface area contributed by atoms with E-state index in [1.54, 1.807) is 6.20 Å². The van der Waals surface area contributed by atoms with Gasteiger partial charge in [-0.1, -0.05) is 5.16 Å². The molecule has 7 heteroatoms. The lowest BCUT2D eigenvalue weighted by Crippen LogP contribution is -2.31. The first kappa shape index (κ1) is 12.7. The molecule has 6 nitrogen and oxygen atoms in total. The predicted octanol–water partition coefficient (Wildman–Crippen LogP) is 1.60. The molecule has 1 saturated heterocycles. The summed E-state index contributed by atoms with van der Waals surface area (Å²) in [6, 6.07) is 3.95. The molecule has 100 valence electrons. The average molecular weight is 325 g/mol. The second-order valence-electron chi connectivity index (χ2n) is 4.33. The van der Waals surface area contributed by atoms with E-state index in [2.05, 4.69) is 36.4 Å². The maximum absolute atomic E-state index is 5.44. The van der Waals surface area contributed by atoms with Crippen molar-refractivity contribution in [3.8, 4) is 11.5 Å². The Bertz CT molecular complexity index is 574. The monoisotopic (exact) mass is 324 g/mol. The fourth-order valence-corrected chi connectivity index (χ4v) is 2.55. The molecular formula is C12H13BrN4O2. The standard InChI is InChI=1S/C12H13BrN4O2/c1-14-9-6-18-5-7(9)12-16-11(17-19-12)10-8(13)3-2-4-15-10/h2-4,7,9,14H,5-6H2,1H3. The van der Waals surface area contributed by atoms with Crippen molar-refractivity contribution in [2.45, 2.75) is 12.0 Å². The number of likely N-dealkylation sites (N-methyl/N-ethyl adjacent to an activating group) is 1. The lowest BCUT2D eigenvalue weighted by atomic mass is 10.0. The van der Waals surface area contributed by atoms with Crippen LogP contribution < -0.4 is 5.32 Å². The summed E-state index contributed by atoms with van der Waals surface area (Å²) in [5.41, 5.74) is 0.678. The Morgan fingerprint density at radius 2 is 2.32 bits per heavy atom. The molecule has 1 aliphatic rings. The summed E-state index contributed by atoms with van der Waals surface area (Å²) in [6.07, 6.45) is 1.70. The Morgan fingerprint density at radius 3 is 3.11 bits per heavy atom. The summed E-state index contributed by atoms with van der Waals surface area (Å²) in [4.78, 5) is 8.68. The Kier molecular flexibility index (Phi) is 3.58. The van der Waals surface area contributed by atoms with Gasteiger partial charge in [-0.05, 0) is 35.1 Å². The van der Waals surface area contributed by atoms with Crippen molar-refractivity contribution >= 4 is 15.9 Å². The van der Waals surface area contributed by atoms with Gasteiger partial charge in [0, 0.05) is 16.7 Å². The third kappa shape index (κ3) is 2.41. The summed E-state index contributed by atoms with van der Waals surface area (Å²) in [5.74, 6) is 1.17. The Balaban J connectivity index is 1.90. The van der Waals surface area contributed by atoms with Crippen LogP contribution in [0.5, 0.6) is 0 Å². The molecule has 0 aliphatic carbocycles. The molecule has 0 amide bonds. The summed E-state index contributed by atoms with van der Waals surface area (Å²) in [5, 5.41) is 7.19. The molecule has 3 heterocycles. The Hall–Kier alpha value is -1.31. The van der Waals surface area contributed by atoms with Gasteiger partial charge in [0.15, 0.2) is 0 Å². The normalized spacial score (nSPS) is 22.8. The molecule has 0 spiro atoms. The first-order chi connectivity index (χ1) is 9.29. The minimum absolute atomic E-state index is 0.0914. The van der Waals surface area contributed by atoms with Gasteiger partial charge < -0.3 is 14.6 Å². The number of nitrogens with zero attached hydrogens (tertiary/aromatic N) is 3. The van der Waals surface area contributed by atoms with E-state index in [1.807, 2.05) is 19.2 Å². The minimum Gasteiger partial charge on any atom is -0.379 e. The molecule has 2 unspecified atom stereocenters. The molecular weight excluding hydrogens is 312 g/mol. The highest BCUT2D eigenvalue weighted by Gasteiger charge is 2.33. The fourth-order valence-electron chi connectivity index (χ4n) is 2.11. The third-order valence-electron chi connectivity index (χ3n) is 3.18. The van der Waals surface area contributed by atoms with Crippen LogP contribution in [-0.4, -0.2) is 41.4 Å². The lowest BCUT2D eigenvalue weighted by molar-refractivity contribution is 0.185. The van der Waals surface area contributed by atoms with Crippen LogP contribution in [0.1, 0.15) is 11.8 Å². The van der Waals surface area contributed by atoms with Crippen molar-refractivity contribution in [1.29, 1.82) is 0 Å². The van der Waals surface area contributed by atoms with Crippen LogP contribution in [0.15, 0.2) is 27.3 Å². The summed E-state index contributed by atoms with van der Waals surface area (Å²) >= 11 is 3.43. The van der Waals surface area contributed by atoms with Crippen LogP contribution in [-0.2, 0) is 4.74 Å². The minimum atomic E-state index is 0.0914. The molecule has 0 bridgehead atoms. The van der Waals surface area contributed by atoms with Gasteiger partial charge in [0.05, 0.1) is 19.1 Å². The van der Waals surface area contributed by atoms with Gasteiger partial charge >= 0.3 is 0 Å². The number of aromatic nitrogens is 3. The molecule has 2 aromatic heterocycles. The molecule has 2 atom stereocenters. The van der Waals surface area contributed by atoms with E-state index < -0.39 is 0 Å². The number of hydrogen-bond acceptors (Lipinski definition) is 6. The van der Waals surface area contributed by atoms with Crippen LogP contribution in [0, 0.1) is 0 Å². The zero-order valence-electron chi connectivity index (χ0n) is 10.3. The first-order valence-electron chi connectivity index (χ1n) is 5.99.